The first-order valence-corrected chi connectivity index (χ1v) is 7.94. The monoisotopic (exact) mass is 323 g/mol. The highest BCUT2D eigenvalue weighted by atomic mass is 28.3. The molecular weight excluding hydrogens is 306 g/mol. The highest BCUT2D eigenvalue weighted by molar-refractivity contribution is 6.36. The summed E-state index contributed by atoms with van der Waals surface area (Å²) in [7, 11) is 1.32. The Balaban J connectivity index is 2.16. The van der Waals surface area contributed by atoms with Crippen molar-refractivity contribution < 1.29 is 22.1 Å². The predicted molar refractivity (Wildman–Crippen MR) is 81.1 cm³/mol. The molecule has 0 aliphatic rings. The Kier molecular flexibility index (Phi) is 5.79. The third kappa shape index (κ3) is 3.98. The van der Waals surface area contributed by atoms with Gasteiger partial charge in [-0.1, -0.05) is 24.3 Å². The zero-order valence-corrected chi connectivity index (χ0v) is 13.6. The van der Waals surface area contributed by atoms with Crippen molar-refractivity contribution >= 4 is 9.53 Å². The molecule has 117 valence electrons. The highest BCUT2D eigenvalue weighted by Crippen LogP contribution is 2.26. The molecule has 0 N–H and O–H groups in total. The van der Waals surface area contributed by atoms with Crippen LogP contribution in [0.15, 0.2) is 42.5 Å². The lowest BCUT2D eigenvalue weighted by Crippen LogP contribution is -2.25. The fraction of sp³-hybridized carbons (Fsp3) is 0.250. The minimum Gasteiger partial charge on any atom is -0.375 e. The lowest BCUT2D eigenvalue weighted by molar-refractivity contribution is 0.0951. The zero-order valence-electron chi connectivity index (χ0n) is 12.6. The molecule has 6 heteroatoms. The maximum Gasteiger partial charge on any atom is 0.577 e. The van der Waals surface area contributed by atoms with Crippen molar-refractivity contribution in [2.45, 2.75) is 13.0 Å². The molecule has 1 atom stereocenters. The van der Waals surface area contributed by atoms with Crippen molar-refractivity contribution in [3.63, 3.8) is 0 Å². The molecule has 0 heterocycles. The van der Waals surface area contributed by atoms with Crippen molar-refractivity contribution in [1.82, 2.24) is 0 Å². The van der Waals surface area contributed by atoms with E-state index in [1.165, 1.54) is 26.4 Å². The lowest BCUT2D eigenvalue weighted by atomic mass is 10.0. The van der Waals surface area contributed by atoms with Crippen LogP contribution in [0.1, 0.15) is 18.6 Å². The van der Waals surface area contributed by atoms with Gasteiger partial charge < -0.3 is 13.3 Å². The van der Waals surface area contributed by atoms with E-state index >= 15 is 0 Å². The normalized spacial score (nSPS) is 12.6. The van der Waals surface area contributed by atoms with Gasteiger partial charge in [-0.2, -0.15) is 0 Å². The number of hydrogen-bond donors (Lipinski definition) is 0. The van der Waals surface area contributed by atoms with E-state index in [9.17, 15) is 8.78 Å². The first-order valence-electron chi connectivity index (χ1n) is 6.72. The minimum absolute atomic E-state index is 0.207. The molecule has 2 rings (SSSR count). The third-order valence-corrected chi connectivity index (χ3v) is 4.44. The second kappa shape index (κ2) is 7.60. The maximum absolute atomic E-state index is 13.8. The Morgan fingerprint density at radius 2 is 1.59 bits per heavy atom. The Hall–Kier alpha value is -1.60. The molecule has 0 fully saturated rings. The van der Waals surface area contributed by atoms with Crippen molar-refractivity contribution in [1.29, 1.82) is 0 Å². The molecule has 2 aromatic carbocycles. The van der Waals surface area contributed by atoms with Crippen molar-refractivity contribution in [3.8, 4) is 11.1 Å². The second-order valence-electron chi connectivity index (χ2n) is 4.66. The van der Waals surface area contributed by atoms with Crippen LogP contribution in [-0.4, -0.2) is 23.7 Å². The molecule has 1 unspecified atom stereocenters. The van der Waals surface area contributed by atoms with E-state index in [4.69, 9.17) is 13.3 Å². The zero-order chi connectivity index (χ0) is 16.1. The summed E-state index contributed by atoms with van der Waals surface area (Å²) in [6.45, 7) is 1.89. The van der Waals surface area contributed by atoms with Crippen LogP contribution in [0, 0.1) is 11.6 Å². The summed E-state index contributed by atoms with van der Waals surface area (Å²) in [6.07, 6.45) is -0.207. The van der Waals surface area contributed by atoms with Gasteiger partial charge in [0, 0.05) is 25.8 Å². The molecule has 0 aliphatic heterocycles. The SMILES string of the molecule is CO[Si](OC)OC(C)c1ccc(-c2ccc(F)cc2F)cc1. The standard InChI is InChI=1S/C16H17F2O3Si/c1-11(21-22(19-2)20-3)12-4-6-13(7-5-12)15-9-8-14(17)10-16(15)18/h4-11H,1-3H3. The predicted octanol–water partition coefficient (Wildman–Crippen LogP) is 3.99. The van der Waals surface area contributed by atoms with Gasteiger partial charge in [0.2, 0.25) is 0 Å². The first-order chi connectivity index (χ1) is 10.5. The van der Waals surface area contributed by atoms with Gasteiger partial charge in [0.15, 0.2) is 0 Å². The molecule has 0 aliphatic carbocycles. The molecule has 0 bridgehead atoms. The van der Waals surface area contributed by atoms with Crippen LogP contribution in [-0.2, 0) is 13.3 Å². The lowest BCUT2D eigenvalue weighted by Gasteiger charge is -2.17. The number of hydrogen-bond acceptors (Lipinski definition) is 3. The van der Waals surface area contributed by atoms with Crippen molar-refractivity contribution in [2.24, 2.45) is 0 Å². The van der Waals surface area contributed by atoms with E-state index in [0.717, 1.165) is 11.6 Å². The quantitative estimate of drug-likeness (QED) is 0.753. The largest absolute Gasteiger partial charge is 0.577 e. The van der Waals surface area contributed by atoms with Crippen LogP contribution in [0.3, 0.4) is 0 Å². The van der Waals surface area contributed by atoms with Crippen LogP contribution < -0.4 is 0 Å². The fourth-order valence-electron chi connectivity index (χ4n) is 2.05. The van der Waals surface area contributed by atoms with Crippen LogP contribution in [0.2, 0.25) is 0 Å². The van der Waals surface area contributed by atoms with Gasteiger partial charge in [-0.3, -0.25) is 0 Å². The Labute approximate surface area is 130 Å². The van der Waals surface area contributed by atoms with Gasteiger partial charge in [0.05, 0.1) is 6.10 Å². The van der Waals surface area contributed by atoms with E-state index in [2.05, 4.69) is 0 Å². The molecule has 0 aromatic heterocycles. The van der Waals surface area contributed by atoms with E-state index < -0.39 is 21.2 Å². The van der Waals surface area contributed by atoms with Crippen LogP contribution in [0.5, 0.6) is 0 Å². The average molecular weight is 323 g/mol. The Bertz CT molecular complexity index is 615. The molecule has 0 spiro atoms. The molecule has 0 saturated heterocycles. The molecule has 3 nitrogen and oxygen atoms in total. The van der Waals surface area contributed by atoms with Crippen LogP contribution in [0.25, 0.3) is 11.1 Å². The van der Waals surface area contributed by atoms with E-state index in [-0.39, 0.29) is 6.10 Å². The molecule has 2 aromatic rings. The molecule has 22 heavy (non-hydrogen) atoms. The highest BCUT2D eigenvalue weighted by Gasteiger charge is 2.20. The number of rotatable bonds is 6. The first kappa shape index (κ1) is 16.8. The molecule has 1 radical (unpaired) electrons. The van der Waals surface area contributed by atoms with E-state index in [0.29, 0.717) is 11.1 Å². The summed E-state index contributed by atoms with van der Waals surface area (Å²) in [5.74, 6) is -1.17. The minimum atomic E-state index is -1.74. The van der Waals surface area contributed by atoms with Gasteiger partial charge >= 0.3 is 9.53 Å². The third-order valence-electron chi connectivity index (χ3n) is 3.23. The second-order valence-corrected chi connectivity index (χ2v) is 6.22. The van der Waals surface area contributed by atoms with Crippen molar-refractivity contribution in [3.05, 3.63) is 59.7 Å². The summed E-state index contributed by atoms with van der Waals surface area (Å²) in [5, 5.41) is 0. The maximum atomic E-state index is 13.8. The molecular formula is C16H17F2O3Si. The van der Waals surface area contributed by atoms with Gasteiger partial charge in [0.1, 0.15) is 11.6 Å². The Morgan fingerprint density at radius 1 is 0.955 bits per heavy atom. The van der Waals surface area contributed by atoms with E-state index in [1.54, 1.807) is 12.1 Å². The summed E-state index contributed by atoms with van der Waals surface area (Å²) >= 11 is 0. The summed E-state index contributed by atoms with van der Waals surface area (Å²) in [6, 6.07) is 10.8. The van der Waals surface area contributed by atoms with Gasteiger partial charge in [-0.25, -0.2) is 8.78 Å². The summed E-state index contributed by atoms with van der Waals surface area (Å²) < 4.78 is 42.5. The topological polar surface area (TPSA) is 27.7 Å². The Morgan fingerprint density at radius 3 is 2.14 bits per heavy atom. The van der Waals surface area contributed by atoms with Crippen molar-refractivity contribution in [2.75, 3.05) is 14.2 Å². The van der Waals surface area contributed by atoms with Crippen LogP contribution in [0.4, 0.5) is 8.78 Å². The molecule has 0 saturated carbocycles. The number of halogens is 2. The van der Waals surface area contributed by atoms with Crippen LogP contribution >= 0.6 is 0 Å². The summed E-state index contributed by atoms with van der Waals surface area (Å²) in [5.41, 5.74) is 1.96. The van der Waals surface area contributed by atoms with Gasteiger partial charge in [-0.15, -0.1) is 0 Å². The molecule has 0 amide bonds. The van der Waals surface area contributed by atoms with E-state index in [1.807, 2.05) is 19.1 Å². The fourth-order valence-corrected chi connectivity index (χ4v) is 2.83. The smallest absolute Gasteiger partial charge is 0.375 e. The van der Waals surface area contributed by atoms with Gasteiger partial charge in [0.25, 0.3) is 0 Å². The van der Waals surface area contributed by atoms with Gasteiger partial charge in [-0.05, 0) is 30.2 Å². The average Bonchev–Trinajstić information content (AvgIpc) is 2.52. The summed E-state index contributed by atoms with van der Waals surface area (Å²) in [4.78, 5) is 0. The number of benzene rings is 2.